The molecule has 0 aromatic heterocycles. The van der Waals surface area contributed by atoms with Gasteiger partial charge in [-0.15, -0.1) is 0 Å². The number of amides is 1. The second kappa shape index (κ2) is 8.54. The van der Waals surface area contributed by atoms with Gasteiger partial charge in [0.15, 0.2) is 0 Å². The summed E-state index contributed by atoms with van der Waals surface area (Å²) in [5, 5.41) is 5.83. The van der Waals surface area contributed by atoms with E-state index in [2.05, 4.69) is 10.6 Å². The van der Waals surface area contributed by atoms with Gasteiger partial charge in [0.25, 0.3) is 0 Å². The Kier molecular flexibility index (Phi) is 6.13. The molecule has 1 saturated heterocycles. The molecule has 144 valence electrons. The molecule has 1 aliphatic rings. The summed E-state index contributed by atoms with van der Waals surface area (Å²) in [6.45, 7) is 3.26. The molecule has 1 aliphatic heterocycles. The molecular weight excluding hydrogens is 362 g/mol. The van der Waals surface area contributed by atoms with E-state index in [9.17, 15) is 13.2 Å². The van der Waals surface area contributed by atoms with Gasteiger partial charge in [-0.25, -0.2) is 8.42 Å². The van der Waals surface area contributed by atoms with Crippen molar-refractivity contribution in [3.8, 4) is 0 Å². The number of benzene rings is 2. The highest BCUT2D eigenvalue weighted by Crippen LogP contribution is 2.22. The number of carbonyl (C=O) groups is 1. The van der Waals surface area contributed by atoms with Crippen molar-refractivity contribution >= 4 is 27.3 Å². The number of nitrogens with zero attached hydrogens (tertiary/aromatic N) is 1. The average molecular weight is 388 g/mol. The summed E-state index contributed by atoms with van der Waals surface area (Å²) in [5.41, 5.74) is 2.58. The number of aryl methyl sites for hydroxylation is 1. The van der Waals surface area contributed by atoms with E-state index in [-0.39, 0.29) is 12.5 Å². The normalized spacial score (nSPS) is 15.3. The molecule has 2 N–H and O–H groups in total. The minimum Gasteiger partial charge on any atom is -0.376 e. The van der Waals surface area contributed by atoms with Gasteiger partial charge < -0.3 is 10.6 Å². The van der Waals surface area contributed by atoms with Crippen LogP contribution in [0.4, 0.5) is 11.4 Å². The Bertz CT molecular complexity index is 872. The quantitative estimate of drug-likeness (QED) is 0.798. The maximum Gasteiger partial charge on any atom is 0.243 e. The molecule has 0 radical (unpaired) electrons. The molecule has 6 nitrogen and oxygen atoms in total. The van der Waals surface area contributed by atoms with Gasteiger partial charge in [0.05, 0.1) is 11.4 Å². The van der Waals surface area contributed by atoms with Crippen molar-refractivity contribution in [2.75, 3.05) is 30.3 Å². The summed E-state index contributed by atoms with van der Waals surface area (Å²) >= 11 is 0. The van der Waals surface area contributed by atoms with Gasteiger partial charge in [-0.1, -0.05) is 24.1 Å². The number of nitrogens with one attached hydrogen (secondary N) is 2. The largest absolute Gasteiger partial charge is 0.376 e. The van der Waals surface area contributed by atoms with Crippen LogP contribution in [0.3, 0.4) is 0 Å². The summed E-state index contributed by atoms with van der Waals surface area (Å²) in [6.07, 6.45) is 2.91. The predicted molar refractivity (Wildman–Crippen MR) is 107 cm³/mol. The van der Waals surface area contributed by atoms with E-state index in [4.69, 9.17) is 0 Å². The fourth-order valence-corrected chi connectivity index (χ4v) is 4.54. The summed E-state index contributed by atoms with van der Waals surface area (Å²) in [5.74, 6) is -0.163. The second-order valence-corrected chi connectivity index (χ2v) is 8.69. The molecule has 0 aliphatic carbocycles. The van der Waals surface area contributed by atoms with E-state index in [1.165, 1.54) is 0 Å². The topological polar surface area (TPSA) is 78.5 Å². The zero-order valence-corrected chi connectivity index (χ0v) is 16.3. The lowest BCUT2D eigenvalue weighted by atomic mass is 10.2. The average Bonchev–Trinajstić information content (AvgIpc) is 2.69. The first kappa shape index (κ1) is 19.4. The van der Waals surface area contributed by atoms with Crippen molar-refractivity contribution in [1.82, 2.24) is 4.31 Å². The van der Waals surface area contributed by atoms with Crippen LogP contribution in [0.5, 0.6) is 0 Å². The van der Waals surface area contributed by atoms with Crippen LogP contribution in [-0.4, -0.2) is 38.3 Å². The zero-order valence-electron chi connectivity index (χ0n) is 15.4. The SMILES string of the molecule is Cc1ccc(NC(=O)CNc2ccc(S(=O)(=O)N3CCCCC3)cc2)cc1. The highest BCUT2D eigenvalue weighted by atomic mass is 32.2. The van der Waals surface area contributed by atoms with Gasteiger partial charge in [0, 0.05) is 24.5 Å². The van der Waals surface area contributed by atoms with E-state index in [1.807, 2.05) is 31.2 Å². The number of sulfonamides is 1. The van der Waals surface area contributed by atoms with Crippen LogP contribution in [0.25, 0.3) is 0 Å². The van der Waals surface area contributed by atoms with Gasteiger partial charge in [0.1, 0.15) is 0 Å². The number of anilines is 2. The monoisotopic (exact) mass is 387 g/mol. The third-order valence-electron chi connectivity index (χ3n) is 4.60. The standard InChI is InChI=1S/C20H25N3O3S/c1-16-5-7-18(8-6-16)22-20(24)15-21-17-9-11-19(12-10-17)27(25,26)23-13-3-2-4-14-23/h5-12,21H,2-4,13-15H2,1H3,(H,22,24). The minimum atomic E-state index is -3.43. The van der Waals surface area contributed by atoms with Crippen molar-refractivity contribution in [1.29, 1.82) is 0 Å². The first-order valence-corrected chi connectivity index (χ1v) is 10.6. The van der Waals surface area contributed by atoms with E-state index >= 15 is 0 Å². The van der Waals surface area contributed by atoms with E-state index in [0.29, 0.717) is 23.7 Å². The second-order valence-electron chi connectivity index (χ2n) is 6.76. The molecule has 1 fully saturated rings. The molecule has 7 heteroatoms. The Balaban J connectivity index is 1.55. The first-order chi connectivity index (χ1) is 12.9. The Morgan fingerprint density at radius 3 is 2.15 bits per heavy atom. The minimum absolute atomic E-state index is 0.103. The van der Waals surface area contributed by atoms with Crippen molar-refractivity contribution in [3.63, 3.8) is 0 Å². The lowest BCUT2D eigenvalue weighted by Crippen LogP contribution is -2.35. The fraction of sp³-hybridized carbons (Fsp3) is 0.350. The summed E-state index contributed by atoms with van der Waals surface area (Å²) in [7, 11) is -3.43. The molecule has 2 aromatic carbocycles. The zero-order chi connectivity index (χ0) is 19.3. The lowest BCUT2D eigenvalue weighted by Gasteiger charge is -2.25. The highest BCUT2D eigenvalue weighted by Gasteiger charge is 2.25. The molecule has 2 aromatic rings. The molecule has 3 rings (SSSR count). The van der Waals surface area contributed by atoms with Crippen LogP contribution in [0.1, 0.15) is 24.8 Å². The molecule has 0 atom stereocenters. The fourth-order valence-electron chi connectivity index (χ4n) is 3.02. The maximum atomic E-state index is 12.6. The third-order valence-corrected chi connectivity index (χ3v) is 6.51. The van der Waals surface area contributed by atoms with Crippen LogP contribution >= 0.6 is 0 Å². The van der Waals surface area contributed by atoms with Crippen molar-refractivity contribution < 1.29 is 13.2 Å². The molecule has 27 heavy (non-hydrogen) atoms. The van der Waals surface area contributed by atoms with Gasteiger partial charge in [-0.05, 0) is 56.2 Å². The number of hydrogen-bond acceptors (Lipinski definition) is 4. The van der Waals surface area contributed by atoms with Gasteiger partial charge in [-0.2, -0.15) is 4.31 Å². The first-order valence-electron chi connectivity index (χ1n) is 9.16. The molecule has 0 bridgehead atoms. The van der Waals surface area contributed by atoms with Crippen LogP contribution in [0.15, 0.2) is 53.4 Å². The molecule has 1 amide bonds. The number of carbonyl (C=O) groups excluding carboxylic acids is 1. The van der Waals surface area contributed by atoms with Crippen LogP contribution in [0.2, 0.25) is 0 Å². The summed E-state index contributed by atoms with van der Waals surface area (Å²) in [6, 6.07) is 14.1. The molecular formula is C20H25N3O3S. The Morgan fingerprint density at radius 1 is 0.926 bits per heavy atom. The maximum absolute atomic E-state index is 12.6. The van der Waals surface area contributed by atoms with Crippen molar-refractivity contribution in [3.05, 3.63) is 54.1 Å². The summed E-state index contributed by atoms with van der Waals surface area (Å²) in [4.78, 5) is 12.3. The Morgan fingerprint density at radius 2 is 1.52 bits per heavy atom. The van der Waals surface area contributed by atoms with E-state index in [0.717, 1.165) is 30.5 Å². The lowest BCUT2D eigenvalue weighted by molar-refractivity contribution is -0.114. The van der Waals surface area contributed by atoms with Gasteiger partial charge >= 0.3 is 0 Å². The molecule has 0 unspecified atom stereocenters. The third kappa shape index (κ3) is 5.08. The Hall–Kier alpha value is -2.38. The van der Waals surface area contributed by atoms with Crippen LogP contribution in [-0.2, 0) is 14.8 Å². The van der Waals surface area contributed by atoms with Crippen LogP contribution in [0, 0.1) is 6.92 Å². The Labute approximate surface area is 160 Å². The number of rotatable bonds is 6. The van der Waals surface area contributed by atoms with Crippen molar-refractivity contribution in [2.24, 2.45) is 0 Å². The van der Waals surface area contributed by atoms with Crippen LogP contribution < -0.4 is 10.6 Å². The number of hydrogen-bond donors (Lipinski definition) is 2. The van der Waals surface area contributed by atoms with E-state index < -0.39 is 10.0 Å². The molecule has 1 heterocycles. The summed E-state index contributed by atoms with van der Waals surface area (Å²) < 4.78 is 26.8. The van der Waals surface area contributed by atoms with E-state index in [1.54, 1.807) is 28.6 Å². The molecule has 0 saturated carbocycles. The predicted octanol–water partition coefficient (Wildman–Crippen LogP) is 3.22. The highest BCUT2D eigenvalue weighted by molar-refractivity contribution is 7.89. The number of piperidine rings is 1. The van der Waals surface area contributed by atoms with Crippen molar-refractivity contribution in [2.45, 2.75) is 31.1 Å². The van der Waals surface area contributed by atoms with Gasteiger partial charge in [-0.3, -0.25) is 4.79 Å². The van der Waals surface area contributed by atoms with Gasteiger partial charge in [0.2, 0.25) is 15.9 Å². The smallest absolute Gasteiger partial charge is 0.243 e. The molecule has 0 spiro atoms.